The number of amides is 2. The summed E-state index contributed by atoms with van der Waals surface area (Å²) in [5.74, 6) is -1.03. The summed E-state index contributed by atoms with van der Waals surface area (Å²) in [6.07, 6.45) is 1.38. The lowest BCUT2D eigenvalue weighted by Gasteiger charge is -2.23. The first-order valence-corrected chi connectivity index (χ1v) is 11.7. The third-order valence-corrected chi connectivity index (χ3v) is 7.25. The van der Waals surface area contributed by atoms with Gasteiger partial charge in [0.25, 0.3) is 5.91 Å². The summed E-state index contributed by atoms with van der Waals surface area (Å²) < 4.78 is 32.4. The maximum atomic E-state index is 13.0. The van der Waals surface area contributed by atoms with Gasteiger partial charge in [-0.05, 0) is 55.2 Å². The van der Waals surface area contributed by atoms with Crippen molar-refractivity contribution in [2.75, 3.05) is 18.4 Å². The molecule has 1 aromatic heterocycles. The quantitative estimate of drug-likeness (QED) is 0.610. The van der Waals surface area contributed by atoms with Crippen molar-refractivity contribution in [2.45, 2.75) is 52.5 Å². The maximum Gasteiger partial charge on any atom is 0.287 e. The van der Waals surface area contributed by atoms with E-state index in [-0.39, 0.29) is 16.6 Å². The summed E-state index contributed by atoms with van der Waals surface area (Å²) in [4.78, 5) is 25.5. The van der Waals surface area contributed by atoms with Crippen LogP contribution in [-0.4, -0.2) is 43.7 Å². The molecule has 170 valence electrons. The Morgan fingerprint density at radius 1 is 1.13 bits per heavy atom. The third kappa shape index (κ3) is 5.54. The Bertz CT molecular complexity index is 1030. The largest absolute Gasteiger partial charge is 0.459 e. The molecule has 2 rings (SSSR count). The van der Waals surface area contributed by atoms with Gasteiger partial charge in [0, 0.05) is 18.8 Å². The van der Waals surface area contributed by atoms with Gasteiger partial charge in [0.15, 0.2) is 5.76 Å². The van der Waals surface area contributed by atoms with Gasteiger partial charge >= 0.3 is 0 Å². The minimum Gasteiger partial charge on any atom is -0.459 e. The lowest BCUT2D eigenvalue weighted by molar-refractivity contribution is -0.118. The Labute approximate surface area is 184 Å². The number of aryl methyl sites for hydroxylation is 1. The molecule has 0 saturated carbocycles. The van der Waals surface area contributed by atoms with Gasteiger partial charge in [0.05, 0.1) is 11.2 Å². The number of carbonyl (C=O) groups excluding carboxylic acids is 2. The Morgan fingerprint density at radius 3 is 2.29 bits per heavy atom. The van der Waals surface area contributed by atoms with Crippen LogP contribution in [0, 0.1) is 19.8 Å². The highest BCUT2D eigenvalue weighted by molar-refractivity contribution is 7.89. The molecule has 1 atom stereocenters. The first kappa shape index (κ1) is 24.6. The molecule has 2 N–H and O–H groups in total. The molecule has 0 aliphatic heterocycles. The van der Waals surface area contributed by atoms with Crippen molar-refractivity contribution in [3.8, 4) is 0 Å². The van der Waals surface area contributed by atoms with Gasteiger partial charge in [-0.2, -0.15) is 4.31 Å². The monoisotopic (exact) mass is 449 g/mol. The molecule has 9 heteroatoms. The maximum absolute atomic E-state index is 13.0. The van der Waals surface area contributed by atoms with Crippen LogP contribution in [0.5, 0.6) is 0 Å². The average Bonchev–Trinajstić information content (AvgIpc) is 3.24. The van der Waals surface area contributed by atoms with E-state index >= 15 is 0 Å². The molecule has 0 spiro atoms. The van der Waals surface area contributed by atoms with Gasteiger partial charge in [0.2, 0.25) is 15.9 Å². The van der Waals surface area contributed by atoms with E-state index in [9.17, 15) is 18.0 Å². The second-order valence-electron chi connectivity index (χ2n) is 7.66. The Hall–Kier alpha value is -2.65. The Morgan fingerprint density at radius 2 is 1.77 bits per heavy atom. The molecule has 0 unspecified atom stereocenters. The van der Waals surface area contributed by atoms with E-state index in [0.29, 0.717) is 18.8 Å². The fourth-order valence-corrected chi connectivity index (χ4v) is 4.75. The molecule has 31 heavy (non-hydrogen) atoms. The fourth-order valence-electron chi connectivity index (χ4n) is 3.18. The molecule has 1 heterocycles. The molecule has 0 bridgehead atoms. The molecule has 8 nitrogen and oxygen atoms in total. The van der Waals surface area contributed by atoms with Crippen LogP contribution in [0.1, 0.15) is 49.4 Å². The average molecular weight is 450 g/mol. The number of sulfonamides is 1. The molecular formula is C22H31N3O5S. The van der Waals surface area contributed by atoms with Crippen molar-refractivity contribution >= 4 is 27.5 Å². The zero-order valence-electron chi connectivity index (χ0n) is 18.9. The van der Waals surface area contributed by atoms with E-state index in [1.54, 1.807) is 32.9 Å². The number of hydrogen-bond donors (Lipinski definition) is 2. The van der Waals surface area contributed by atoms with Crippen LogP contribution in [0.2, 0.25) is 0 Å². The van der Waals surface area contributed by atoms with Gasteiger partial charge in [-0.1, -0.05) is 27.7 Å². The summed E-state index contributed by atoms with van der Waals surface area (Å²) in [6, 6.07) is 5.35. The summed E-state index contributed by atoms with van der Waals surface area (Å²) >= 11 is 0. The highest BCUT2D eigenvalue weighted by Crippen LogP contribution is 2.26. The van der Waals surface area contributed by atoms with Crippen molar-refractivity contribution in [2.24, 2.45) is 5.92 Å². The van der Waals surface area contributed by atoms with Gasteiger partial charge < -0.3 is 15.1 Å². The molecular weight excluding hydrogens is 418 g/mol. The Kier molecular flexibility index (Phi) is 8.02. The van der Waals surface area contributed by atoms with Gasteiger partial charge in [-0.3, -0.25) is 9.59 Å². The lowest BCUT2D eigenvalue weighted by atomic mass is 10.0. The minimum atomic E-state index is -3.68. The molecule has 0 fully saturated rings. The van der Waals surface area contributed by atoms with Crippen molar-refractivity contribution in [1.29, 1.82) is 0 Å². The van der Waals surface area contributed by atoms with E-state index in [0.717, 1.165) is 11.1 Å². The number of rotatable bonds is 9. The first-order chi connectivity index (χ1) is 14.5. The highest BCUT2D eigenvalue weighted by Gasteiger charge is 2.28. The van der Waals surface area contributed by atoms with Crippen LogP contribution in [-0.2, 0) is 14.8 Å². The van der Waals surface area contributed by atoms with E-state index in [4.69, 9.17) is 4.42 Å². The third-order valence-electron chi connectivity index (χ3n) is 5.22. The molecule has 0 radical (unpaired) electrons. The summed E-state index contributed by atoms with van der Waals surface area (Å²) in [6.45, 7) is 11.5. The molecule has 0 saturated heterocycles. The van der Waals surface area contributed by atoms with E-state index in [2.05, 4.69) is 10.6 Å². The van der Waals surface area contributed by atoms with Crippen molar-refractivity contribution in [3.05, 3.63) is 47.4 Å². The number of carbonyl (C=O) groups is 2. The van der Waals surface area contributed by atoms with Crippen LogP contribution in [0.15, 0.2) is 39.8 Å². The summed E-state index contributed by atoms with van der Waals surface area (Å²) in [5.41, 5.74) is 1.89. The number of hydrogen-bond acceptors (Lipinski definition) is 5. The molecule has 2 aromatic rings. The number of furan rings is 1. The topological polar surface area (TPSA) is 109 Å². The van der Waals surface area contributed by atoms with E-state index in [1.165, 1.54) is 22.7 Å². The number of anilines is 1. The second-order valence-corrected chi connectivity index (χ2v) is 9.60. The predicted molar refractivity (Wildman–Crippen MR) is 119 cm³/mol. The second kappa shape index (κ2) is 10.1. The smallest absolute Gasteiger partial charge is 0.287 e. The van der Waals surface area contributed by atoms with E-state index in [1.807, 2.05) is 20.8 Å². The fraction of sp³-hybridized carbons (Fsp3) is 0.455. The van der Waals surface area contributed by atoms with Gasteiger partial charge in [0.1, 0.15) is 6.04 Å². The van der Waals surface area contributed by atoms with Crippen molar-refractivity contribution in [3.63, 3.8) is 0 Å². The SMILES string of the molecule is CCN(CC)S(=O)(=O)c1cc(C)c(C)c(NC(=O)[C@@H](NC(=O)c2ccco2)C(C)C)c1. The normalized spacial score (nSPS) is 12.8. The molecule has 0 aliphatic carbocycles. The molecule has 1 aromatic carbocycles. The van der Waals surface area contributed by atoms with Crippen molar-refractivity contribution < 1.29 is 22.4 Å². The van der Waals surface area contributed by atoms with Gasteiger partial charge in [-0.25, -0.2) is 8.42 Å². The number of nitrogens with zero attached hydrogens (tertiary/aromatic N) is 1. The predicted octanol–water partition coefficient (Wildman–Crippen LogP) is 3.32. The highest BCUT2D eigenvalue weighted by atomic mass is 32.2. The summed E-state index contributed by atoms with van der Waals surface area (Å²) in [7, 11) is -3.68. The molecule has 0 aliphatic rings. The van der Waals surface area contributed by atoms with E-state index < -0.39 is 27.9 Å². The number of benzene rings is 1. The Balaban J connectivity index is 2.34. The van der Waals surface area contributed by atoms with Crippen LogP contribution >= 0.6 is 0 Å². The van der Waals surface area contributed by atoms with Crippen LogP contribution in [0.25, 0.3) is 0 Å². The lowest BCUT2D eigenvalue weighted by Crippen LogP contribution is -2.47. The van der Waals surface area contributed by atoms with Crippen LogP contribution < -0.4 is 10.6 Å². The first-order valence-electron chi connectivity index (χ1n) is 10.3. The number of nitrogens with one attached hydrogen (secondary N) is 2. The zero-order valence-corrected chi connectivity index (χ0v) is 19.7. The van der Waals surface area contributed by atoms with Gasteiger partial charge in [-0.15, -0.1) is 0 Å². The zero-order chi connectivity index (χ0) is 23.3. The summed E-state index contributed by atoms with van der Waals surface area (Å²) in [5, 5.41) is 5.49. The van der Waals surface area contributed by atoms with Crippen LogP contribution in [0.4, 0.5) is 5.69 Å². The van der Waals surface area contributed by atoms with Crippen LogP contribution in [0.3, 0.4) is 0 Å². The minimum absolute atomic E-state index is 0.109. The van der Waals surface area contributed by atoms with Crippen molar-refractivity contribution in [1.82, 2.24) is 9.62 Å². The molecule has 2 amide bonds. The standard InChI is InChI=1S/C22H31N3O5S/c1-7-25(8-2)31(28,29)17-12-15(5)16(6)18(13-17)23-22(27)20(14(3)4)24-21(26)19-10-9-11-30-19/h9-14,20H,7-8H2,1-6H3,(H,23,27)(H,24,26)/t20-/m0/s1.